The maximum Gasteiger partial charge on any atom is 0.234 e. The van der Waals surface area contributed by atoms with Crippen LogP contribution >= 0.6 is 0 Å². The third-order valence-electron chi connectivity index (χ3n) is 3.89. The lowest BCUT2D eigenvalue weighted by molar-refractivity contribution is -0.122. The largest absolute Gasteiger partial charge is 0.348 e. The van der Waals surface area contributed by atoms with Crippen LogP contribution in [0.4, 0.5) is 0 Å². The Morgan fingerprint density at radius 3 is 2.24 bits per heavy atom. The quantitative estimate of drug-likeness (QED) is 0.823. The van der Waals surface area contributed by atoms with Crippen LogP contribution in [0.5, 0.6) is 0 Å². The molecule has 6 heteroatoms. The number of rotatable bonds is 7. The summed E-state index contributed by atoms with van der Waals surface area (Å²) in [6.07, 6.45) is 1.18. The molecule has 5 nitrogen and oxygen atoms in total. The number of nitrogens with zero attached hydrogens (tertiary/aromatic N) is 1. The fraction of sp³-hybridized carbons (Fsp3) is 0.316. The monoisotopic (exact) mass is 360 g/mol. The van der Waals surface area contributed by atoms with Crippen LogP contribution in [-0.4, -0.2) is 39.1 Å². The molecule has 0 saturated carbocycles. The molecule has 0 saturated heterocycles. The summed E-state index contributed by atoms with van der Waals surface area (Å²) >= 11 is 0. The number of likely N-dealkylation sites (N-methyl/N-ethyl adjacent to an activating group) is 1. The van der Waals surface area contributed by atoms with E-state index in [9.17, 15) is 13.2 Å². The van der Waals surface area contributed by atoms with E-state index in [1.165, 1.54) is 6.26 Å². The van der Waals surface area contributed by atoms with E-state index >= 15 is 0 Å². The third-order valence-corrected chi connectivity index (χ3v) is 5.02. The molecule has 1 N–H and O–H groups in total. The van der Waals surface area contributed by atoms with Crippen LogP contribution in [0.1, 0.15) is 24.1 Å². The van der Waals surface area contributed by atoms with E-state index in [4.69, 9.17) is 0 Å². The highest BCUT2D eigenvalue weighted by molar-refractivity contribution is 7.90. The molecule has 25 heavy (non-hydrogen) atoms. The predicted octanol–water partition coefficient (Wildman–Crippen LogP) is 2.40. The molecular formula is C19H24N2O3S. The van der Waals surface area contributed by atoms with Gasteiger partial charge in [0.2, 0.25) is 5.91 Å². The van der Waals surface area contributed by atoms with Gasteiger partial charge in [0.25, 0.3) is 0 Å². The van der Waals surface area contributed by atoms with Crippen molar-refractivity contribution in [3.05, 3.63) is 65.7 Å². The SMILES string of the molecule is CC(NC(=O)CN(C)Cc1ccccc1)c1ccc(S(C)(=O)=O)cc1. The second kappa shape index (κ2) is 8.27. The van der Waals surface area contributed by atoms with Crippen molar-refractivity contribution in [2.75, 3.05) is 19.8 Å². The lowest BCUT2D eigenvalue weighted by Crippen LogP contribution is -2.36. The Morgan fingerprint density at radius 1 is 1.08 bits per heavy atom. The van der Waals surface area contributed by atoms with Gasteiger partial charge in [-0.1, -0.05) is 42.5 Å². The first kappa shape index (κ1) is 19.1. The maximum absolute atomic E-state index is 12.2. The van der Waals surface area contributed by atoms with Gasteiger partial charge in [-0.25, -0.2) is 8.42 Å². The highest BCUT2D eigenvalue weighted by atomic mass is 32.2. The molecule has 0 fully saturated rings. The van der Waals surface area contributed by atoms with Crippen LogP contribution in [0, 0.1) is 0 Å². The normalized spacial score (nSPS) is 12.8. The van der Waals surface area contributed by atoms with Crippen molar-refractivity contribution in [2.45, 2.75) is 24.4 Å². The first-order valence-electron chi connectivity index (χ1n) is 8.07. The summed E-state index contributed by atoms with van der Waals surface area (Å²) < 4.78 is 23.0. The molecule has 0 aliphatic carbocycles. The van der Waals surface area contributed by atoms with E-state index in [-0.39, 0.29) is 16.8 Å². The summed E-state index contributed by atoms with van der Waals surface area (Å²) in [6, 6.07) is 16.4. The molecule has 0 heterocycles. The average molecular weight is 360 g/mol. The molecular weight excluding hydrogens is 336 g/mol. The predicted molar refractivity (Wildman–Crippen MR) is 98.9 cm³/mol. The standard InChI is InChI=1S/C19H24N2O3S/c1-15(17-9-11-18(12-10-17)25(3,23)24)20-19(22)14-21(2)13-16-7-5-4-6-8-16/h4-12,15H,13-14H2,1-3H3,(H,20,22). The van der Waals surface area contributed by atoms with E-state index in [2.05, 4.69) is 5.32 Å². The van der Waals surface area contributed by atoms with Gasteiger partial charge in [0.05, 0.1) is 17.5 Å². The lowest BCUT2D eigenvalue weighted by Gasteiger charge is -2.19. The van der Waals surface area contributed by atoms with Gasteiger partial charge in [-0.3, -0.25) is 9.69 Å². The summed E-state index contributed by atoms with van der Waals surface area (Å²) in [6.45, 7) is 2.87. The van der Waals surface area contributed by atoms with Crippen molar-refractivity contribution in [1.29, 1.82) is 0 Å². The smallest absolute Gasteiger partial charge is 0.234 e. The highest BCUT2D eigenvalue weighted by Crippen LogP contribution is 2.16. The fourth-order valence-electron chi connectivity index (χ4n) is 2.57. The van der Waals surface area contributed by atoms with Crippen molar-refractivity contribution >= 4 is 15.7 Å². The Bertz CT molecular complexity index is 802. The minimum Gasteiger partial charge on any atom is -0.348 e. The van der Waals surface area contributed by atoms with Crippen molar-refractivity contribution in [3.63, 3.8) is 0 Å². The van der Waals surface area contributed by atoms with Gasteiger partial charge in [0, 0.05) is 12.8 Å². The number of hydrogen-bond acceptors (Lipinski definition) is 4. The van der Waals surface area contributed by atoms with Gasteiger partial charge in [0.1, 0.15) is 0 Å². The molecule has 1 atom stereocenters. The first-order chi connectivity index (χ1) is 11.8. The Morgan fingerprint density at radius 2 is 1.68 bits per heavy atom. The van der Waals surface area contributed by atoms with E-state index in [0.717, 1.165) is 11.1 Å². The van der Waals surface area contributed by atoms with Crippen LogP contribution < -0.4 is 5.32 Å². The molecule has 0 radical (unpaired) electrons. The minimum atomic E-state index is -3.21. The van der Waals surface area contributed by atoms with Crippen molar-refractivity contribution in [3.8, 4) is 0 Å². The zero-order chi connectivity index (χ0) is 18.4. The Kier molecular flexibility index (Phi) is 6.33. The molecule has 0 aliphatic rings. The fourth-order valence-corrected chi connectivity index (χ4v) is 3.20. The summed E-state index contributed by atoms with van der Waals surface area (Å²) in [7, 11) is -1.31. The van der Waals surface area contributed by atoms with Gasteiger partial charge < -0.3 is 5.32 Å². The van der Waals surface area contributed by atoms with Gasteiger partial charge in [-0.15, -0.1) is 0 Å². The molecule has 0 spiro atoms. The molecule has 0 bridgehead atoms. The first-order valence-corrected chi connectivity index (χ1v) is 9.96. The minimum absolute atomic E-state index is 0.0712. The molecule has 1 amide bonds. The third kappa shape index (κ3) is 5.99. The number of benzene rings is 2. The van der Waals surface area contributed by atoms with Crippen LogP contribution in [0.3, 0.4) is 0 Å². The van der Waals surface area contributed by atoms with Crippen LogP contribution in [-0.2, 0) is 21.2 Å². The average Bonchev–Trinajstić information content (AvgIpc) is 2.54. The zero-order valence-electron chi connectivity index (χ0n) is 14.8. The molecule has 134 valence electrons. The van der Waals surface area contributed by atoms with Crippen LogP contribution in [0.25, 0.3) is 0 Å². The zero-order valence-corrected chi connectivity index (χ0v) is 15.6. The topological polar surface area (TPSA) is 66.5 Å². The van der Waals surface area contributed by atoms with Gasteiger partial charge in [0.15, 0.2) is 9.84 Å². The Balaban J connectivity index is 1.89. The van der Waals surface area contributed by atoms with Gasteiger partial charge >= 0.3 is 0 Å². The molecule has 2 aromatic carbocycles. The molecule has 0 aliphatic heterocycles. The van der Waals surface area contributed by atoms with E-state index in [1.54, 1.807) is 24.3 Å². The molecule has 1 unspecified atom stereocenters. The Labute approximate surface area is 149 Å². The molecule has 0 aromatic heterocycles. The van der Waals surface area contributed by atoms with E-state index in [1.807, 2.05) is 49.2 Å². The molecule has 2 rings (SSSR count). The van der Waals surface area contributed by atoms with E-state index in [0.29, 0.717) is 13.1 Å². The second-order valence-corrected chi connectivity index (χ2v) is 8.30. The van der Waals surface area contributed by atoms with Crippen molar-refractivity contribution < 1.29 is 13.2 Å². The summed E-state index contributed by atoms with van der Waals surface area (Å²) in [5.41, 5.74) is 2.02. The van der Waals surface area contributed by atoms with Crippen molar-refractivity contribution in [2.24, 2.45) is 0 Å². The number of carbonyl (C=O) groups excluding carboxylic acids is 1. The number of hydrogen-bond donors (Lipinski definition) is 1. The Hall–Kier alpha value is -2.18. The number of carbonyl (C=O) groups is 1. The van der Waals surface area contributed by atoms with Gasteiger partial charge in [-0.2, -0.15) is 0 Å². The lowest BCUT2D eigenvalue weighted by atomic mass is 10.1. The number of sulfone groups is 1. The van der Waals surface area contributed by atoms with Crippen LogP contribution in [0.15, 0.2) is 59.5 Å². The highest BCUT2D eigenvalue weighted by Gasteiger charge is 2.13. The summed E-state index contributed by atoms with van der Waals surface area (Å²) in [5, 5.41) is 2.94. The number of nitrogens with one attached hydrogen (secondary N) is 1. The molecule has 2 aromatic rings. The van der Waals surface area contributed by atoms with E-state index < -0.39 is 9.84 Å². The van der Waals surface area contributed by atoms with Gasteiger partial charge in [-0.05, 0) is 37.2 Å². The maximum atomic E-state index is 12.2. The van der Waals surface area contributed by atoms with Crippen molar-refractivity contribution in [1.82, 2.24) is 10.2 Å². The number of amides is 1. The second-order valence-electron chi connectivity index (χ2n) is 6.29. The summed E-state index contributed by atoms with van der Waals surface area (Å²) in [4.78, 5) is 14.4. The summed E-state index contributed by atoms with van der Waals surface area (Å²) in [5.74, 6) is -0.0712. The van der Waals surface area contributed by atoms with Crippen LogP contribution in [0.2, 0.25) is 0 Å².